The van der Waals surface area contributed by atoms with Crippen molar-refractivity contribution in [3.05, 3.63) is 68.8 Å². The van der Waals surface area contributed by atoms with Gasteiger partial charge >= 0.3 is 0 Å². The second-order valence-corrected chi connectivity index (χ2v) is 9.00. The fraction of sp³-hybridized carbons (Fsp3) is 0.0769. The first-order chi connectivity index (χ1) is 12.1. The molecular weight excluding hydrogens is 431 g/mol. The van der Waals surface area contributed by atoms with Gasteiger partial charge in [0.25, 0.3) is 20.4 Å². The summed E-state index contributed by atoms with van der Waals surface area (Å²) in [6.45, 7) is 0. The normalized spacial score (nSPS) is 11.8. The second-order valence-electron chi connectivity index (χ2n) is 4.39. The second kappa shape index (κ2) is 9.57. The maximum atomic E-state index is 11.1. The summed E-state index contributed by atoms with van der Waals surface area (Å²) in [5.74, 6) is 0. The zero-order valence-electron chi connectivity index (χ0n) is 12.7. The monoisotopic (exact) mass is 440 g/mol. The third-order valence-electron chi connectivity index (χ3n) is 2.74. The average molecular weight is 441 g/mol. The van der Waals surface area contributed by atoms with Crippen molar-refractivity contribution in [3.63, 3.8) is 0 Å². The van der Waals surface area contributed by atoms with E-state index in [-0.39, 0.29) is 21.5 Å². The van der Waals surface area contributed by atoms with Gasteiger partial charge in [-0.1, -0.05) is 0 Å². The lowest BCUT2D eigenvalue weighted by Crippen LogP contribution is -1.93. The molecule has 0 saturated carbocycles. The third kappa shape index (κ3) is 6.67. The topological polar surface area (TPSA) is 137 Å². The highest BCUT2D eigenvalue weighted by atomic mass is 35.7. The van der Waals surface area contributed by atoms with Crippen LogP contribution in [0.3, 0.4) is 0 Å². The summed E-state index contributed by atoms with van der Waals surface area (Å²) in [5, 5.41) is 20.4. The van der Waals surface area contributed by atoms with Crippen molar-refractivity contribution in [2.75, 3.05) is 5.21 Å². The number of hydrogen-bond acceptors (Lipinski definition) is 7. The van der Waals surface area contributed by atoms with E-state index in [1.807, 2.05) is 0 Å². The molecule has 1 atom stereocenters. The van der Waals surface area contributed by atoms with Gasteiger partial charge in [-0.25, -0.2) is 8.42 Å². The van der Waals surface area contributed by atoms with Crippen molar-refractivity contribution in [2.24, 2.45) is 0 Å². The molecule has 0 saturated heterocycles. The number of nitrogens with zero attached hydrogens (tertiary/aromatic N) is 2. The molecule has 9 nitrogen and oxygen atoms in total. The summed E-state index contributed by atoms with van der Waals surface area (Å²) in [6, 6.07) is 9.82. The van der Waals surface area contributed by atoms with Gasteiger partial charge in [-0.05, 0) is 24.3 Å². The minimum absolute atomic E-state index is 0.00217. The summed E-state index contributed by atoms with van der Waals surface area (Å²) < 4.78 is 32.5. The molecule has 0 aromatic heterocycles. The van der Waals surface area contributed by atoms with Crippen LogP contribution in [0, 0.1) is 20.2 Å². The van der Waals surface area contributed by atoms with E-state index in [1.54, 1.807) is 0 Å². The summed E-state index contributed by atoms with van der Waals surface area (Å²) in [6.07, 6.45) is 0. The molecule has 0 N–H and O–H groups in total. The van der Waals surface area contributed by atoms with Crippen LogP contribution in [-0.2, 0) is 19.9 Å². The smallest absolute Gasteiger partial charge is 0.258 e. The van der Waals surface area contributed by atoms with E-state index in [2.05, 4.69) is 0 Å². The van der Waals surface area contributed by atoms with Crippen molar-refractivity contribution in [2.45, 2.75) is 9.79 Å². The minimum atomic E-state index is -3.80. The fourth-order valence-electron chi connectivity index (χ4n) is 1.51. The van der Waals surface area contributed by atoms with Crippen LogP contribution in [0.4, 0.5) is 11.4 Å². The van der Waals surface area contributed by atoms with Crippen LogP contribution in [0.2, 0.25) is 0 Å². The molecule has 0 amide bonds. The van der Waals surface area contributed by atoms with E-state index in [0.717, 1.165) is 24.3 Å². The molecule has 0 radical (unpaired) electrons. The van der Waals surface area contributed by atoms with Gasteiger partial charge in [0.15, 0.2) is 0 Å². The van der Waals surface area contributed by atoms with E-state index in [1.165, 1.54) is 24.3 Å². The SMILES string of the molecule is O=[N+]([O-])c1ccc(S(=O)(=O)Cl)cc1.O=[N+]([O-])c1ccc(S(=O)CCl)cc1. The molecule has 0 heterocycles. The number of non-ortho nitro benzene ring substituents is 2. The quantitative estimate of drug-likeness (QED) is 0.300. The summed E-state index contributed by atoms with van der Waals surface area (Å²) in [7, 11) is -0.0719. The van der Waals surface area contributed by atoms with Crippen LogP contribution >= 0.6 is 22.3 Å². The number of rotatable bonds is 5. The van der Waals surface area contributed by atoms with Gasteiger partial charge < -0.3 is 0 Å². The van der Waals surface area contributed by atoms with E-state index in [0.29, 0.717) is 4.90 Å². The van der Waals surface area contributed by atoms with Crippen molar-refractivity contribution in [3.8, 4) is 0 Å². The highest BCUT2D eigenvalue weighted by Crippen LogP contribution is 2.18. The Balaban J connectivity index is 0.000000260. The number of alkyl halides is 1. The molecule has 0 bridgehead atoms. The van der Waals surface area contributed by atoms with Crippen LogP contribution in [0.1, 0.15) is 0 Å². The molecule has 2 aromatic rings. The lowest BCUT2D eigenvalue weighted by Gasteiger charge is -1.96. The Morgan fingerprint density at radius 3 is 1.58 bits per heavy atom. The van der Waals surface area contributed by atoms with Crippen molar-refractivity contribution >= 4 is 53.5 Å². The zero-order valence-corrected chi connectivity index (χ0v) is 15.8. The molecule has 1 unspecified atom stereocenters. The van der Waals surface area contributed by atoms with Gasteiger partial charge in [0.1, 0.15) is 5.21 Å². The molecule has 0 fully saturated rings. The maximum absolute atomic E-state index is 11.1. The fourth-order valence-corrected chi connectivity index (χ4v) is 3.23. The Morgan fingerprint density at radius 2 is 1.27 bits per heavy atom. The number of hydrogen-bond donors (Lipinski definition) is 0. The predicted molar refractivity (Wildman–Crippen MR) is 96.4 cm³/mol. The number of nitro benzene ring substituents is 2. The predicted octanol–water partition coefficient (Wildman–Crippen LogP) is 3.42. The van der Waals surface area contributed by atoms with Gasteiger partial charge in [-0.3, -0.25) is 24.4 Å². The minimum Gasteiger partial charge on any atom is -0.258 e. The number of nitro groups is 2. The van der Waals surface area contributed by atoms with Crippen LogP contribution in [0.15, 0.2) is 58.3 Å². The lowest BCUT2D eigenvalue weighted by atomic mass is 10.3. The third-order valence-corrected chi connectivity index (χ3v) is 5.70. The van der Waals surface area contributed by atoms with Crippen LogP contribution in [-0.4, -0.2) is 27.7 Å². The van der Waals surface area contributed by atoms with E-state index in [4.69, 9.17) is 22.3 Å². The van der Waals surface area contributed by atoms with Crippen LogP contribution < -0.4 is 0 Å². The van der Waals surface area contributed by atoms with Crippen molar-refractivity contribution in [1.29, 1.82) is 0 Å². The van der Waals surface area contributed by atoms with Gasteiger partial charge in [0.05, 0.1) is 25.5 Å². The molecule has 2 aromatic carbocycles. The largest absolute Gasteiger partial charge is 0.269 e. The molecule has 13 heteroatoms. The average Bonchev–Trinajstić information content (AvgIpc) is 2.61. The number of benzene rings is 2. The van der Waals surface area contributed by atoms with Gasteiger partial charge in [-0.2, -0.15) is 0 Å². The first kappa shape index (κ1) is 22.0. The Morgan fingerprint density at radius 1 is 0.885 bits per heavy atom. The Labute approximate surface area is 159 Å². The number of halogens is 2. The zero-order chi connectivity index (χ0) is 19.9. The Hall–Kier alpha value is -2.08. The summed E-state index contributed by atoms with van der Waals surface area (Å²) in [4.78, 5) is 19.7. The lowest BCUT2D eigenvalue weighted by molar-refractivity contribution is -0.385. The first-order valence-electron chi connectivity index (χ1n) is 6.44. The maximum Gasteiger partial charge on any atom is 0.269 e. The Bertz CT molecular complexity index is 917. The highest BCUT2D eigenvalue weighted by Gasteiger charge is 2.12. The van der Waals surface area contributed by atoms with E-state index >= 15 is 0 Å². The van der Waals surface area contributed by atoms with Gasteiger partial charge in [-0.15, -0.1) is 11.6 Å². The van der Waals surface area contributed by atoms with Crippen molar-refractivity contribution in [1.82, 2.24) is 0 Å². The molecule has 26 heavy (non-hydrogen) atoms. The standard InChI is InChI=1S/C7H6ClNO3S.C6H4ClNO4S/c8-5-13(12)7-3-1-6(2-4-7)9(10)11;7-13(11,12)6-3-1-5(2-4-6)8(9)10/h1-4H,5H2;1-4H. The molecule has 0 spiro atoms. The Kier molecular flexibility index (Phi) is 8.08. The van der Waals surface area contributed by atoms with Crippen molar-refractivity contribution < 1.29 is 22.5 Å². The summed E-state index contributed by atoms with van der Waals surface area (Å²) in [5.41, 5.74) is -0.195. The highest BCUT2D eigenvalue weighted by molar-refractivity contribution is 8.13. The van der Waals surface area contributed by atoms with Crippen LogP contribution in [0.25, 0.3) is 0 Å². The first-order valence-corrected chi connectivity index (χ1v) is 10.6. The van der Waals surface area contributed by atoms with E-state index in [9.17, 15) is 32.9 Å². The van der Waals surface area contributed by atoms with Gasteiger partial charge in [0, 0.05) is 39.8 Å². The van der Waals surface area contributed by atoms with Crippen LogP contribution in [0.5, 0.6) is 0 Å². The summed E-state index contributed by atoms with van der Waals surface area (Å²) >= 11 is 5.35. The molecule has 0 aliphatic carbocycles. The van der Waals surface area contributed by atoms with E-state index < -0.39 is 29.7 Å². The van der Waals surface area contributed by atoms with Gasteiger partial charge in [0.2, 0.25) is 0 Å². The molecule has 0 aliphatic heterocycles. The molecule has 140 valence electrons. The molecule has 2 rings (SSSR count). The molecular formula is C13H10Cl2N2O7S2. The molecule has 0 aliphatic rings.